The van der Waals surface area contributed by atoms with Crippen LogP contribution in [0.1, 0.15) is 16.0 Å². The number of nitro groups is 1. The Labute approximate surface area is 162 Å². The molecular formula is C19H13F2N3O3S. The van der Waals surface area contributed by atoms with Crippen molar-refractivity contribution in [2.45, 2.75) is 6.42 Å². The second-order valence-electron chi connectivity index (χ2n) is 5.68. The van der Waals surface area contributed by atoms with Crippen LogP contribution in [0.4, 0.5) is 19.6 Å². The first-order chi connectivity index (χ1) is 13.4. The standard InChI is InChI=1S/C19H13F2N3O3S/c20-14-7-5-13(16(21)10-14)9-15-11-22-19(28-15)23-18(25)8-6-12-3-1-2-4-17(12)24(26)27/h1-8,10-11H,9H2,(H,22,23,25)/b8-6+. The van der Waals surface area contributed by atoms with Gasteiger partial charge < -0.3 is 0 Å². The first-order valence-corrected chi connectivity index (χ1v) is 8.85. The molecule has 0 radical (unpaired) electrons. The number of nitro benzene ring substituents is 1. The van der Waals surface area contributed by atoms with E-state index in [2.05, 4.69) is 10.3 Å². The number of carbonyl (C=O) groups is 1. The van der Waals surface area contributed by atoms with E-state index in [0.29, 0.717) is 21.1 Å². The largest absolute Gasteiger partial charge is 0.298 e. The fourth-order valence-electron chi connectivity index (χ4n) is 2.41. The number of anilines is 1. The number of hydrogen-bond donors (Lipinski definition) is 1. The molecule has 28 heavy (non-hydrogen) atoms. The summed E-state index contributed by atoms with van der Waals surface area (Å²) in [6.45, 7) is 0. The van der Waals surface area contributed by atoms with Gasteiger partial charge in [0.05, 0.1) is 10.5 Å². The second kappa shape index (κ2) is 8.49. The van der Waals surface area contributed by atoms with Crippen molar-refractivity contribution in [2.24, 2.45) is 0 Å². The number of para-hydroxylation sites is 1. The number of nitrogens with zero attached hydrogens (tertiary/aromatic N) is 2. The average Bonchev–Trinajstić information content (AvgIpc) is 3.09. The zero-order valence-corrected chi connectivity index (χ0v) is 15.1. The fourth-order valence-corrected chi connectivity index (χ4v) is 3.25. The van der Waals surface area contributed by atoms with Gasteiger partial charge in [-0.25, -0.2) is 13.8 Å². The number of hydrogen-bond acceptors (Lipinski definition) is 5. The van der Waals surface area contributed by atoms with E-state index in [9.17, 15) is 23.7 Å². The maximum Gasteiger partial charge on any atom is 0.276 e. The van der Waals surface area contributed by atoms with Gasteiger partial charge in [0.2, 0.25) is 5.91 Å². The molecular weight excluding hydrogens is 388 g/mol. The van der Waals surface area contributed by atoms with Crippen molar-refractivity contribution in [2.75, 3.05) is 5.32 Å². The molecule has 0 bridgehead atoms. The Balaban J connectivity index is 1.65. The van der Waals surface area contributed by atoms with E-state index in [1.807, 2.05) is 0 Å². The van der Waals surface area contributed by atoms with Crippen LogP contribution in [0, 0.1) is 21.7 Å². The molecule has 0 spiro atoms. The minimum Gasteiger partial charge on any atom is -0.298 e. The van der Waals surface area contributed by atoms with Crippen LogP contribution in [-0.2, 0) is 11.2 Å². The summed E-state index contributed by atoms with van der Waals surface area (Å²) in [4.78, 5) is 27.2. The number of rotatable bonds is 6. The maximum absolute atomic E-state index is 13.7. The van der Waals surface area contributed by atoms with Gasteiger partial charge in [-0.1, -0.05) is 18.2 Å². The number of thiazole rings is 1. The number of benzene rings is 2. The molecule has 1 amide bonds. The average molecular weight is 401 g/mol. The van der Waals surface area contributed by atoms with Crippen molar-refractivity contribution in [3.63, 3.8) is 0 Å². The Morgan fingerprint density at radius 2 is 2.04 bits per heavy atom. The SMILES string of the molecule is O=C(/C=C/c1ccccc1[N+](=O)[O-])Nc1ncc(Cc2ccc(F)cc2F)s1. The second-order valence-corrected chi connectivity index (χ2v) is 6.80. The highest BCUT2D eigenvalue weighted by atomic mass is 32.1. The van der Waals surface area contributed by atoms with Gasteiger partial charge in [0.1, 0.15) is 11.6 Å². The first kappa shape index (κ1) is 19.3. The molecule has 0 aliphatic rings. The van der Waals surface area contributed by atoms with E-state index in [1.54, 1.807) is 6.07 Å². The van der Waals surface area contributed by atoms with E-state index < -0.39 is 22.5 Å². The van der Waals surface area contributed by atoms with E-state index in [-0.39, 0.29) is 12.1 Å². The third-order valence-corrected chi connectivity index (χ3v) is 4.62. The van der Waals surface area contributed by atoms with Crippen molar-refractivity contribution < 1.29 is 18.5 Å². The Hall–Kier alpha value is -3.46. The molecule has 0 aliphatic heterocycles. The molecule has 1 aromatic heterocycles. The lowest BCUT2D eigenvalue weighted by Gasteiger charge is -2.00. The Morgan fingerprint density at radius 3 is 2.79 bits per heavy atom. The van der Waals surface area contributed by atoms with Crippen LogP contribution in [0.2, 0.25) is 0 Å². The van der Waals surface area contributed by atoms with Gasteiger partial charge in [-0.15, -0.1) is 11.3 Å². The smallest absolute Gasteiger partial charge is 0.276 e. The highest BCUT2D eigenvalue weighted by molar-refractivity contribution is 7.15. The Kier molecular flexibility index (Phi) is 5.85. The summed E-state index contributed by atoms with van der Waals surface area (Å²) >= 11 is 1.15. The van der Waals surface area contributed by atoms with Gasteiger partial charge in [-0.3, -0.25) is 20.2 Å². The molecule has 3 aromatic rings. The van der Waals surface area contributed by atoms with Crippen molar-refractivity contribution in [1.29, 1.82) is 0 Å². The molecule has 3 rings (SSSR count). The van der Waals surface area contributed by atoms with Gasteiger partial charge >= 0.3 is 0 Å². The fraction of sp³-hybridized carbons (Fsp3) is 0.0526. The van der Waals surface area contributed by atoms with Gasteiger partial charge in [0.15, 0.2) is 5.13 Å². The summed E-state index contributed by atoms with van der Waals surface area (Å²) in [6, 6.07) is 9.39. The predicted molar refractivity (Wildman–Crippen MR) is 102 cm³/mol. The van der Waals surface area contributed by atoms with Crippen LogP contribution in [0.25, 0.3) is 6.08 Å². The van der Waals surface area contributed by atoms with Crippen molar-refractivity contribution >= 4 is 34.1 Å². The molecule has 0 unspecified atom stereocenters. The van der Waals surface area contributed by atoms with Gasteiger partial charge in [-0.2, -0.15) is 0 Å². The summed E-state index contributed by atoms with van der Waals surface area (Å²) in [5, 5.41) is 13.8. The number of aromatic nitrogens is 1. The molecule has 6 nitrogen and oxygen atoms in total. The third-order valence-electron chi connectivity index (χ3n) is 3.71. The van der Waals surface area contributed by atoms with Crippen LogP contribution >= 0.6 is 11.3 Å². The quantitative estimate of drug-likeness (QED) is 0.372. The Morgan fingerprint density at radius 1 is 1.25 bits per heavy atom. The number of nitrogens with one attached hydrogen (secondary N) is 1. The zero-order valence-electron chi connectivity index (χ0n) is 14.3. The summed E-state index contributed by atoms with van der Waals surface area (Å²) in [7, 11) is 0. The molecule has 0 aliphatic carbocycles. The van der Waals surface area contributed by atoms with E-state index in [4.69, 9.17) is 0 Å². The van der Waals surface area contributed by atoms with Crippen molar-refractivity contribution in [3.8, 4) is 0 Å². The van der Waals surface area contributed by atoms with E-state index >= 15 is 0 Å². The lowest BCUT2D eigenvalue weighted by Crippen LogP contribution is -2.07. The topological polar surface area (TPSA) is 85.1 Å². The monoisotopic (exact) mass is 401 g/mol. The Bertz CT molecular complexity index is 1070. The molecule has 0 fully saturated rings. The number of halogens is 2. The highest BCUT2D eigenvalue weighted by Gasteiger charge is 2.11. The van der Waals surface area contributed by atoms with Crippen LogP contribution < -0.4 is 5.32 Å². The maximum atomic E-state index is 13.7. The van der Waals surface area contributed by atoms with Crippen molar-refractivity contribution in [1.82, 2.24) is 4.98 Å². The van der Waals surface area contributed by atoms with Crippen LogP contribution in [0.3, 0.4) is 0 Å². The summed E-state index contributed by atoms with van der Waals surface area (Å²) in [5.74, 6) is -1.80. The molecule has 1 heterocycles. The lowest BCUT2D eigenvalue weighted by atomic mass is 10.1. The van der Waals surface area contributed by atoms with Gasteiger partial charge in [0, 0.05) is 35.7 Å². The van der Waals surface area contributed by atoms with Crippen LogP contribution in [0.5, 0.6) is 0 Å². The van der Waals surface area contributed by atoms with Gasteiger partial charge in [0.25, 0.3) is 5.69 Å². The predicted octanol–water partition coefficient (Wildman–Crippen LogP) is 4.57. The molecule has 9 heteroatoms. The third kappa shape index (κ3) is 4.83. The molecule has 0 atom stereocenters. The first-order valence-electron chi connectivity index (χ1n) is 8.03. The van der Waals surface area contributed by atoms with Crippen molar-refractivity contribution in [3.05, 3.63) is 92.5 Å². The minimum atomic E-state index is -0.649. The normalized spacial score (nSPS) is 10.9. The molecule has 142 valence electrons. The molecule has 0 saturated carbocycles. The zero-order chi connectivity index (χ0) is 20.1. The molecule has 1 N–H and O–H groups in total. The van der Waals surface area contributed by atoms with Crippen LogP contribution in [0.15, 0.2) is 54.7 Å². The molecule has 2 aromatic carbocycles. The van der Waals surface area contributed by atoms with E-state index in [0.717, 1.165) is 17.4 Å². The van der Waals surface area contributed by atoms with E-state index in [1.165, 1.54) is 48.7 Å². The summed E-state index contributed by atoms with van der Waals surface area (Å²) in [5.41, 5.74) is 0.512. The highest BCUT2D eigenvalue weighted by Crippen LogP contribution is 2.23. The van der Waals surface area contributed by atoms with Gasteiger partial charge in [-0.05, 0) is 23.8 Å². The summed E-state index contributed by atoms with van der Waals surface area (Å²) in [6.07, 6.45) is 4.22. The van der Waals surface area contributed by atoms with Crippen LogP contribution in [-0.4, -0.2) is 15.8 Å². The molecule has 0 saturated heterocycles. The number of amides is 1. The lowest BCUT2D eigenvalue weighted by molar-refractivity contribution is -0.385. The summed E-state index contributed by atoms with van der Waals surface area (Å²) < 4.78 is 26.7. The minimum absolute atomic E-state index is 0.107. The number of carbonyl (C=O) groups excluding carboxylic acids is 1.